The number of methoxy groups -OCH3 is 1. The van der Waals surface area contributed by atoms with E-state index in [0.717, 1.165) is 44.9 Å². The number of hydrogen-bond acceptors (Lipinski definition) is 6. The third-order valence-corrected chi connectivity index (χ3v) is 4.82. The Balaban J connectivity index is 3.65. The number of carbonyl (C=O) groups is 2. The Kier molecular flexibility index (Phi) is 22.0. The van der Waals surface area contributed by atoms with E-state index in [0.29, 0.717) is 33.0 Å². The number of carbonyl (C=O) groups excluding carboxylic acids is 2. The predicted octanol–water partition coefficient (Wildman–Crippen LogP) is 2.64. The minimum Gasteiger partial charge on any atom is -0.377 e. The molecule has 8 nitrogen and oxygen atoms in total. The van der Waals surface area contributed by atoms with Gasteiger partial charge in [-0.2, -0.15) is 0 Å². The fourth-order valence-corrected chi connectivity index (χ4v) is 3.01. The molecule has 0 bridgehead atoms. The first-order valence-electron chi connectivity index (χ1n) is 12.0. The molecule has 190 valence electrons. The molecule has 0 aliphatic carbocycles. The van der Waals surface area contributed by atoms with E-state index >= 15 is 0 Å². The van der Waals surface area contributed by atoms with Crippen molar-refractivity contribution in [3.63, 3.8) is 0 Å². The van der Waals surface area contributed by atoms with E-state index in [4.69, 9.17) is 18.9 Å². The SMILES string of the molecule is CCCCCC(CCCC)C(=O)NCC(F)COCCOCCOCCNC(=O)COC. The third kappa shape index (κ3) is 19.4. The summed E-state index contributed by atoms with van der Waals surface area (Å²) in [6.07, 6.45) is 5.85. The highest BCUT2D eigenvalue weighted by atomic mass is 19.1. The molecule has 2 atom stereocenters. The van der Waals surface area contributed by atoms with Gasteiger partial charge in [0.25, 0.3) is 0 Å². The lowest BCUT2D eigenvalue weighted by Gasteiger charge is -2.17. The summed E-state index contributed by atoms with van der Waals surface area (Å²) >= 11 is 0. The Bertz CT molecular complexity index is 456. The van der Waals surface area contributed by atoms with Crippen LogP contribution < -0.4 is 10.6 Å². The highest BCUT2D eigenvalue weighted by molar-refractivity contribution is 5.78. The van der Waals surface area contributed by atoms with Gasteiger partial charge in [0.15, 0.2) is 0 Å². The molecule has 0 aromatic carbocycles. The van der Waals surface area contributed by atoms with Gasteiger partial charge in [-0.05, 0) is 12.8 Å². The maximum Gasteiger partial charge on any atom is 0.246 e. The lowest BCUT2D eigenvalue weighted by molar-refractivity contribution is -0.126. The Hall–Kier alpha value is -1.29. The van der Waals surface area contributed by atoms with Crippen LogP contribution in [-0.4, -0.2) is 84.4 Å². The summed E-state index contributed by atoms with van der Waals surface area (Å²) in [4.78, 5) is 23.5. The van der Waals surface area contributed by atoms with Crippen LogP contribution in [0.2, 0.25) is 0 Å². The lowest BCUT2D eigenvalue weighted by atomic mass is 9.94. The van der Waals surface area contributed by atoms with Gasteiger partial charge in [-0.3, -0.25) is 9.59 Å². The fraction of sp³-hybridized carbons (Fsp3) is 0.913. The molecule has 9 heteroatoms. The minimum absolute atomic E-state index is 0.0214. The molecule has 0 aliphatic heterocycles. The van der Waals surface area contributed by atoms with Gasteiger partial charge in [0.1, 0.15) is 12.8 Å². The largest absolute Gasteiger partial charge is 0.377 e. The van der Waals surface area contributed by atoms with Crippen LogP contribution in [0.3, 0.4) is 0 Å². The van der Waals surface area contributed by atoms with Crippen molar-refractivity contribution in [2.45, 2.75) is 65.0 Å². The molecule has 2 amide bonds. The number of nitrogens with one attached hydrogen (secondary N) is 2. The van der Waals surface area contributed by atoms with Gasteiger partial charge >= 0.3 is 0 Å². The van der Waals surface area contributed by atoms with Crippen molar-refractivity contribution in [1.29, 1.82) is 0 Å². The summed E-state index contributed by atoms with van der Waals surface area (Å²) in [5.41, 5.74) is 0. The van der Waals surface area contributed by atoms with E-state index in [1.54, 1.807) is 0 Å². The maximum absolute atomic E-state index is 14.0. The summed E-state index contributed by atoms with van der Waals surface area (Å²) in [6.45, 7) is 6.40. The quantitative estimate of drug-likeness (QED) is 0.226. The number of hydrogen-bond donors (Lipinski definition) is 2. The average molecular weight is 465 g/mol. The van der Waals surface area contributed by atoms with Gasteiger partial charge in [-0.1, -0.05) is 46.0 Å². The normalized spacial score (nSPS) is 13.0. The van der Waals surface area contributed by atoms with Crippen molar-refractivity contribution in [2.75, 3.05) is 66.4 Å². The number of halogens is 1. The molecule has 32 heavy (non-hydrogen) atoms. The van der Waals surface area contributed by atoms with Crippen molar-refractivity contribution >= 4 is 11.8 Å². The van der Waals surface area contributed by atoms with Crippen molar-refractivity contribution in [3.8, 4) is 0 Å². The second-order valence-electron chi connectivity index (χ2n) is 7.76. The molecule has 0 fully saturated rings. The topological polar surface area (TPSA) is 95.1 Å². The summed E-state index contributed by atoms with van der Waals surface area (Å²) in [7, 11) is 1.46. The molecular weight excluding hydrogens is 419 g/mol. The second-order valence-corrected chi connectivity index (χ2v) is 7.76. The zero-order valence-electron chi connectivity index (χ0n) is 20.3. The van der Waals surface area contributed by atoms with E-state index in [-0.39, 0.29) is 44.1 Å². The molecule has 0 aromatic heterocycles. The lowest BCUT2D eigenvalue weighted by Crippen LogP contribution is -2.36. The number of unbranched alkanes of at least 4 members (excludes halogenated alkanes) is 3. The minimum atomic E-state index is -1.24. The number of ether oxygens (including phenoxy) is 4. The molecule has 2 unspecified atom stereocenters. The molecule has 0 radical (unpaired) electrons. The van der Waals surface area contributed by atoms with Crippen LogP contribution in [-0.2, 0) is 28.5 Å². The number of alkyl halides is 1. The van der Waals surface area contributed by atoms with E-state index in [1.165, 1.54) is 7.11 Å². The predicted molar refractivity (Wildman–Crippen MR) is 122 cm³/mol. The van der Waals surface area contributed by atoms with Gasteiger partial charge in [0.2, 0.25) is 11.8 Å². The van der Waals surface area contributed by atoms with Crippen molar-refractivity contribution in [1.82, 2.24) is 10.6 Å². The summed E-state index contributed by atoms with van der Waals surface area (Å²) in [5, 5.41) is 5.39. The van der Waals surface area contributed by atoms with Crippen molar-refractivity contribution in [2.24, 2.45) is 5.92 Å². The van der Waals surface area contributed by atoms with Crippen molar-refractivity contribution < 1.29 is 32.9 Å². The Labute approximate surface area is 193 Å². The van der Waals surface area contributed by atoms with Gasteiger partial charge in [0, 0.05) is 19.6 Å². The number of amides is 2. The summed E-state index contributed by atoms with van der Waals surface area (Å²) in [5.74, 6) is -0.246. The van der Waals surface area contributed by atoms with Crippen LogP contribution in [0, 0.1) is 5.92 Å². The fourth-order valence-electron chi connectivity index (χ4n) is 3.01. The third-order valence-electron chi connectivity index (χ3n) is 4.82. The summed E-state index contributed by atoms with van der Waals surface area (Å²) < 4.78 is 34.6. The standard InChI is InChI=1S/C23H45FN2O6/c1-4-6-8-10-20(9-7-5-2)23(28)26-17-21(24)18-32-16-15-31-14-13-30-12-11-25-22(27)19-29-3/h20-21H,4-19H2,1-3H3,(H,25,27)(H,26,28). The molecule has 2 N–H and O–H groups in total. The van der Waals surface area contributed by atoms with Gasteiger partial charge in [-0.25, -0.2) is 4.39 Å². The summed E-state index contributed by atoms with van der Waals surface area (Å²) in [6, 6.07) is 0. The molecule has 0 aromatic rings. The molecule has 0 aliphatic rings. The van der Waals surface area contributed by atoms with Crippen LogP contribution in [0.15, 0.2) is 0 Å². The highest BCUT2D eigenvalue weighted by Gasteiger charge is 2.18. The molecule has 0 saturated heterocycles. The van der Waals surface area contributed by atoms with E-state index in [9.17, 15) is 14.0 Å². The second kappa shape index (κ2) is 22.9. The smallest absolute Gasteiger partial charge is 0.246 e. The number of rotatable bonds is 23. The zero-order valence-corrected chi connectivity index (χ0v) is 20.3. The maximum atomic E-state index is 14.0. The highest BCUT2D eigenvalue weighted by Crippen LogP contribution is 2.17. The van der Waals surface area contributed by atoms with Crippen LogP contribution in [0.1, 0.15) is 58.8 Å². The molecule has 0 rings (SSSR count). The Morgan fingerprint density at radius 2 is 1.47 bits per heavy atom. The first-order valence-corrected chi connectivity index (χ1v) is 12.0. The molecule has 0 heterocycles. The van der Waals surface area contributed by atoms with Crippen molar-refractivity contribution in [3.05, 3.63) is 0 Å². The monoisotopic (exact) mass is 464 g/mol. The first kappa shape index (κ1) is 30.7. The Morgan fingerprint density at radius 3 is 2.12 bits per heavy atom. The first-order chi connectivity index (χ1) is 15.5. The van der Waals surface area contributed by atoms with Crippen LogP contribution in [0.4, 0.5) is 4.39 Å². The van der Waals surface area contributed by atoms with Crippen LogP contribution in [0.5, 0.6) is 0 Å². The van der Waals surface area contributed by atoms with Gasteiger partial charge in [0.05, 0.1) is 46.2 Å². The van der Waals surface area contributed by atoms with E-state index < -0.39 is 6.17 Å². The van der Waals surface area contributed by atoms with E-state index in [2.05, 4.69) is 24.5 Å². The van der Waals surface area contributed by atoms with Gasteiger partial charge in [-0.15, -0.1) is 0 Å². The Morgan fingerprint density at radius 1 is 0.844 bits per heavy atom. The average Bonchev–Trinajstić information content (AvgIpc) is 2.78. The van der Waals surface area contributed by atoms with Gasteiger partial charge < -0.3 is 29.6 Å². The van der Waals surface area contributed by atoms with Crippen LogP contribution >= 0.6 is 0 Å². The zero-order chi connectivity index (χ0) is 23.9. The molecule has 0 spiro atoms. The molecule has 0 saturated carbocycles. The van der Waals surface area contributed by atoms with E-state index in [1.807, 2.05) is 0 Å². The molecular formula is C23H45FN2O6. The van der Waals surface area contributed by atoms with Crippen LogP contribution in [0.25, 0.3) is 0 Å².